The van der Waals surface area contributed by atoms with Crippen molar-refractivity contribution in [1.82, 2.24) is 5.32 Å². The first-order chi connectivity index (χ1) is 10.6. The molecule has 1 heterocycles. The molecule has 1 atom stereocenters. The third-order valence-corrected chi connectivity index (χ3v) is 3.22. The van der Waals surface area contributed by atoms with Crippen LogP contribution in [0.4, 0.5) is 0 Å². The monoisotopic (exact) mass is 305 g/mol. The average Bonchev–Trinajstić information content (AvgIpc) is 2.75. The van der Waals surface area contributed by atoms with Crippen molar-refractivity contribution < 1.29 is 24.2 Å². The predicted octanol–water partition coefficient (Wildman–Crippen LogP) is 2.00. The fourth-order valence-electron chi connectivity index (χ4n) is 2.04. The van der Waals surface area contributed by atoms with Crippen LogP contribution in [0.1, 0.15) is 30.1 Å². The van der Waals surface area contributed by atoms with Crippen molar-refractivity contribution in [1.29, 1.82) is 0 Å². The van der Waals surface area contributed by atoms with Gasteiger partial charge < -0.3 is 19.9 Å². The molecule has 6 nitrogen and oxygen atoms in total. The van der Waals surface area contributed by atoms with E-state index in [0.29, 0.717) is 30.3 Å². The summed E-state index contributed by atoms with van der Waals surface area (Å²) in [5.41, 5.74) is 0.343. The first-order valence-corrected chi connectivity index (χ1v) is 7.16. The number of carbonyl (C=O) groups is 2. The lowest BCUT2D eigenvalue weighted by atomic mass is 10.1. The number of fused-ring (bicyclic) bond motifs is 1. The zero-order valence-corrected chi connectivity index (χ0v) is 12.4. The quantitative estimate of drug-likeness (QED) is 0.813. The minimum Gasteiger partial charge on any atom is -0.490 e. The van der Waals surface area contributed by atoms with Crippen molar-refractivity contribution in [3.05, 3.63) is 35.9 Å². The Morgan fingerprint density at radius 3 is 2.73 bits per heavy atom. The highest BCUT2D eigenvalue weighted by atomic mass is 16.5. The van der Waals surface area contributed by atoms with E-state index in [0.717, 1.165) is 6.42 Å². The Hall–Kier alpha value is -2.50. The van der Waals surface area contributed by atoms with Gasteiger partial charge in [-0.3, -0.25) is 4.79 Å². The van der Waals surface area contributed by atoms with Crippen molar-refractivity contribution >= 4 is 11.9 Å². The molecular weight excluding hydrogens is 286 g/mol. The Labute approximate surface area is 128 Å². The molecule has 1 amide bonds. The summed E-state index contributed by atoms with van der Waals surface area (Å²) in [4.78, 5) is 23.4. The van der Waals surface area contributed by atoms with Crippen LogP contribution in [0.2, 0.25) is 0 Å². The zero-order chi connectivity index (χ0) is 15.9. The Morgan fingerprint density at radius 1 is 1.32 bits per heavy atom. The van der Waals surface area contributed by atoms with E-state index in [1.54, 1.807) is 37.3 Å². The molecular formula is C16H19NO5. The van der Waals surface area contributed by atoms with Crippen LogP contribution in [0.15, 0.2) is 30.4 Å². The van der Waals surface area contributed by atoms with Gasteiger partial charge in [-0.2, -0.15) is 0 Å². The predicted molar refractivity (Wildman–Crippen MR) is 80.4 cm³/mol. The summed E-state index contributed by atoms with van der Waals surface area (Å²) in [5, 5.41) is 11.6. The van der Waals surface area contributed by atoms with Gasteiger partial charge in [0.2, 0.25) is 0 Å². The maximum atomic E-state index is 12.2. The number of aliphatic carboxylic acids is 1. The van der Waals surface area contributed by atoms with Gasteiger partial charge in [-0.1, -0.05) is 12.2 Å². The van der Waals surface area contributed by atoms with Gasteiger partial charge in [-0.05, 0) is 31.5 Å². The Kier molecular flexibility index (Phi) is 5.41. The van der Waals surface area contributed by atoms with Gasteiger partial charge in [-0.15, -0.1) is 0 Å². The number of hydrogen-bond acceptors (Lipinski definition) is 4. The van der Waals surface area contributed by atoms with E-state index in [1.807, 2.05) is 0 Å². The molecule has 0 bridgehead atoms. The highest BCUT2D eigenvalue weighted by molar-refractivity contribution is 5.97. The van der Waals surface area contributed by atoms with Crippen molar-refractivity contribution in [3.63, 3.8) is 0 Å². The molecule has 1 aromatic carbocycles. The number of rotatable bonds is 5. The van der Waals surface area contributed by atoms with Gasteiger partial charge >= 0.3 is 5.97 Å². The summed E-state index contributed by atoms with van der Waals surface area (Å²) in [6.45, 7) is 2.89. The summed E-state index contributed by atoms with van der Waals surface area (Å²) < 4.78 is 11.0. The molecule has 1 unspecified atom stereocenters. The van der Waals surface area contributed by atoms with Crippen molar-refractivity contribution in [2.45, 2.75) is 25.8 Å². The summed E-state index contributed by atoms with van der Waals surface area (Å²) in [7, 11) is 0. The van der Waals surface area contributed by atoms with Crippen molar-refractivity contribution in [2.75, 3.05) is 13.2 Å². The number of allylic oxidation sites excluding steroid dienone is 1. The molecule has 118 valence electrons. The molecule has 1 aromatic rings. The van der Waals surface area contributed by atoms with Crippen LogP contribution in [-0.4, -0.2) is 36.2 Å². The second kappa shape index (κ2) is 7.49. The molecule has 0 fully saturated rings. The molecule has 2 N–H and O–H groups in total. The second-order valence-corrected chi connectivity index (χ2v) is 4.88. The lowest BCUT2D eigenvalue weighted by molar-refractivity contribution is -0.139. The molecule has 1 aliphatic heterocycles. The van der Waals surface area contributed by atoms with E-state index in [9.17, 15) is 9.59 Å². The van der Waals surface area contributed by atoms with Crippen LogP contribution in [-0.2, 0) is 4.79 Å². The third-order valence-electron chi connectivity index (χ3n) is 3.22. The van der Waals surface area contributed by atoms with Gasteiger partial charge in [0.05, 0.1) is 13.2 Å². The molecule has 2 rings (SSSR count). The fourth-order valence-corrected chi connectivity index (χ4v) is 2.04. The molecule has 0 saturated heterocycles. The van der Waals surface area contributed by atoms with Crippen LogP contribution in [0.3, 0.4) is 0 Å². The topological polar surface area (TPSA) is 84.9 Å². The highest BCUT2D eigenvalue weighted by Crippen LogP contribution is 2.30. The summed E-state index contributed by atoms with van der Waals surface area (Å²) in [5.74, 6) is -0.420. The molecule has 6 heteroatoms. The normalized spacial score (nSPS) is 15.1. The SMILES string of the molecule is C/C=C/CC(NC(=O)c1ccc2c(c1)OCCCO2)C(=O)O. The maximum absolute atomic E-state index is 12.2. The Balaban J connectivity index is 2.11. The van der Waals surface area contributed by atoms with Crippen LogP contribution < -0.4 is 14.8 Å². The van der Waals surface area contributed by atoms with Gasteiger partial charge in [0.1, 0.15) is 6.04 Å². The average molecular weight is 305 g/mol. The van der Waals surface area contributed by atoms with Crippen LogP contribution in [0.5, 0.6) is 11.5 Å². The number of carboxylic acid groups (broad SMARTS) is 1. The second-order valence-electron chi connectivity index (χ2n) is 4.88. The lowest BCUT2D eigenvalue weighted by Crippen LogP contribution is -2.40. The van der Waals surface area contributed by atoms with Gasteiger partial charge in [0.15, 0.2) is 11.5 Å². The fraction of sp³-hybridized carbons (Fsp3) is 0.375. The minimum atomic E-state index is -1.07. The van der Waals surface area contributed by atoms with Crippen molar-refractivity contribution in [3.8, 4) is 11.5 Å². The molecule has 0 aromatic heterocycles. The van der Waals surface area contributed by atoms with Crippen LogP contribution in [0.25, 0.3) is 0 Å². The smallest absolute Gasteiger partial charge is 0.326 e. The first-order valence-electron chi connectivity index (χ1n) is 7.16. The van der Waals surface area contributed by atoms with E-state index < -0.39 is 17.9 Å². The van der Waals surface area contributed by atoms with Crippen LogP contribution >= 0.6 is 0 Å². The Morgan fingerprint density at radius 2 is 2.05 bits per heavy atom. The molecule has 0 radical (unpaired) electrons. The number of nitrogens with one attached hydrogen (secondary N) is 1. The van der Waals surface area contributed by atoms with E-state index in [-0.39, 0.29) is 6.42 Å². The minimum absolute atomic E-state index is 0.238. The number of hydrogen-bond donors (Lipinski definition) is 2. The standard InChI is InChI=1S/C16H19NO5/c1-2-3-5-12(16(19)20)17-15(18)11-6-7-13-14(10-11)22-9-4-8-21-13/h2-3,6-7,10,12H,4-5,8-9H2,1H3,(H,17,18)(H,19,20)/b3-2+. The molecule has 0 aliphatic carbocycles. The van der Waals surface area contributed by atoms with E-state index >= 15 is 0 Å². The number of carbonyl (C=O) groups excluding carboxylic acids is 1. The summed E-state index contributed by atoms with van der Waals surface area (Å²) >= 11 is 0. The van der Waals surface area contributed by atoms with E-state index in [2.05, 4.69) is 5.32 Å². The number of carboxylic acids is 1. The van der Waals surface area contributed by atoms with E-state index in [1.165, 1.54) is 0 Å². The number of ether oxygens (including phenoxy) is 2. The largest absolute Gasteiger partial charge is 0.490 e. The van der Waals surface area contributed by atoms with E-state index in [4.69, 9.17) is 14.6 Å². The zero-order valence-electron chi connectivity index (χ0n) is 12.4. The number of amides is 1. The van der Waals surface area contributed by atoms with Crippen molar-refractivity contribution in [2.24, 2.45) is 0 Å². The highest BCUT2D eigenvalue weighted by Gasteiger charge is 2.20. The molecule has 1 aliphatic rings. The Bertz CT molecular complexity index is 582. The lowest BCUT2D eigenvalue weighted by Gasteiger charge is -2.14. The number of benzene rings is 1. The summed E-state index contributed by atoms with van der Waals surface area (Å²) in [6, 6.07) is 3.87. The molecule has 0 spiro atoms. The first kappa shape index (κ1) is 15.9. The van der Waals surface area contributed by atoms with Gasteiger partial charge in [-0.25, -0.2) is 4.79 Å². The third kappa shape index (κ3) is 4.00. The van der Waals surface area contributed by atoms with Gasteiger partial charge in [0, 0.05) is 12.0 Å². The molecule has 22 heavy (non-hydrogen) atoms. The molecule has 0 saturated carbocycles. The maximum Gasteiger partial charge on any atom is 0.326 e. The summed E-state index contributed by atoms with van der Waals surface area (Å²) in [6.07, 6.45) is 4.46. The van der Waals surface area contributed by atoms with Gasteiger partial charge in [0.25, 0.3) is 5.91 Å². The van der Waals surface area contributed by atoms with Crippen LogP contribution in [0, 0.1) is 0 Å².